The van der Waals surface area contributed by atoms with Gasteiger partial charge in [0.05, 0.1) is 20.3 Å². The summed E-state index contributed by atoms with van der Waals surface area (Å²) in [7, 11) is 1.60. The fourth-order valence-corrected chi connectivity index (χ4v) is 4.16. The molecule has 3 aromatic rings. The van der Waals surface area contributed by atoms with Crippen LogP contribution in [0, 0.1) is 0 Å². The zero-order valence-corrected chi connectivity index (χ0v) is 17.8. The first-order valence-electron chi connectivity index (χ1n) is 10.5. The molecule has 3 heterocycles. The van der Waals surface area contributed by atoms with E-state index in [-0.39, 0.29) is 6.23 Å². The molecule has 1 N–H and O–H groups in total. The highest BCUT2D eigenvalue weighted by atomic mass is 16.6. The van der Waals surface area contributed by atoms with Crippen molar-refractivity contribution < 1.29 is 24.1 Å². The molecule has 8 nitrogen and oxygen atoms in total. The normalized spacial score (nSPS) is 23.6. The second-order valence-corrected chi connectivity index (χ2v) is 7.96. The van der Waals surface area contributed by atoms with Gasteiger partial charge in [-0.25, -0.2) is 9.88 Å². The highest BCUT2D eigenvalue weighted by Crippen LogP contribution is 2.41. The summed E-state index contributed by atoms with van der Waals surface area (Å²) in [4.78, 5) is 10.9. The molecule has 0 radical (unpaired) electrons. The molecule has 8 heteroatoms. The van der Waals surface area contributed by atoms with Gasteiger partial charge in [-0.1, -0.05) is 42.5 Å². The van der Waals surface area contributed by atoms with Gasteiger partial charge >= 0.3 is 0 Å². The lowest BCUT2D eigenvalue weighted by Crippen LogP contribution is -2.48. The maximum atomic E-state index is 10.9. The van der Waals surface area contributed by atoms with Gasteiger partial charge < -0.3 is 24.1 Å². The van der Waals surface area contributed by atoms with E-state index in [1.54, 1.807) is 43.8 Å². The van der Waals surface area contributed by atoms with Gasteiger partial charge in [0.2, 0.25) is 5.88 Å². The van der Waals surface area contributed by atoms with E-state index in [0.29, 0.717) is 49.4 Å². The van der Waals surface area contributed by atoms with Crippen molar-refractivity contribution >= 4 is 0 Å². The Hall–Kier alpha value is -3.04. The molecule has 2 fully saturated rings. The molecule has 1 aromatic heterocycles. The Labute approximate surface area is 186 Å². The Balaban J connectivity index is 1.34. The van der Waals surface area contributed by atoms with Crippen LogP contribution in [-0.4, -0.2) is 59.2 Å². The van der Waals surface area contributed by atoms with Crippen molar-refractivity contribution in [2.24, 2.45) is 0 Å². The number of nitrogens with zero attached hydrogens (tertiary/aromatic N) is 3. The van der Waals surface area contributed by atoms with Crippen molar-refractivity contribution in [1.29, 1.82) is 0 Å². The average Bonchev–Trinajstić information content (AvgIpc) is 3.42. The first kappa shape index (κ1) is 20.8. The molecule has 0 unspecified atom stereocenters. The summed E-state index contributed by atoms with van der Waals surface area (Å²) in [6.45, 7) is 1.73. The van der Waals surface area contributed by atoms with Crippen LogP contribution in [0.2, 0.25) is 0 Å². The molecule has 3 atom stereocenters. The van der Waals surface area contributed by atoms with E-state index in [9.17, 15) is 5.11 Å². The summed E-state index contributed by atoms with van der Waals surface area (Å²) < 4.78 is 23.3. The predicted molar refractivity (Wildman–Crippen MR) is 115 cm³/mol. The first-order valence-corrected chi connectivity index (χ1v) is 10.5. The highest BCUT2D eigenvalue weighted by molar-refractivity contribution is 5.34. The number of ether oxygens (including phenoxy) is 4. The van der Waals surface area contributed by atoms with Crippen LogP contribution in [0.15, 0.2) is 67.0 Å². The molecule has 0 bridgehead atoms. The molecule has 0 amide bonds. The zero-order valence-electron chi connectivity index (χ0n) is 17.8. The van der Waals surface area contributed by atoms with Gasteiger partial charge in [0, 0.05) is 12.4 Å². The molecule has 0 spiro atoms. The highest BCUT2D eigenvalue weighted by Gasteiger charge is 2.52. The second kappa shape index (κ2) is 8.84. The van der Waals surface area contributed by atoms with Crippen molar-refractivity contribution in [3.05, 3.63) is 83.8 Å². The van der Waals surface area contributed by atoms with Crippen LogP contribution in [0.1, 0.15) is 29.2 Å². The van der Waals surface area contributed by atoms with E-state index in [0.717, 1.165) is 5.56 Å². The number of aliphatic hydroxyl groups excluding tert-OH is 1. The number of hydrogen-bond acceptors (Lipinski definition) is 8. The van der Waals surface area contributed by atoms with Crippen LogP contribution in [-0.2, 0) is 9.47 Å². The van der Waals surface area contributed by atoms with Gasteiger partial charge in [-0.15, -0.1) is 0 Å². The van der Waals surface area contributed by atoms with Crippen LogP contribution in [0.5, 0.6) is 11.6 Å². The summed E-state index contributed by atoms with van der Waals surface area (Å²) >= 11 is 0. The van der Waals surface area contributed by atoms with Crippen molar-refractivity contribution in [3.63, 3.8) is 0 Å². The maximum absolute atomic E-state index is 10.9. The minimum Gasteiger partial charge on any atom is -0.497 e. The van der Waals surface area contributed by atoms with E-state index in [4.69, 9.17) is 18.9 Å². The van der Waals surface area contributed by atoms with E-state index in [1.165, 1.54) is 0 Å². The number of methoxy groups -OCH3 is 1. The third-order valence-corrected chi connectivity index (χ3v) is 5.95. The average molecular weight is 435 g/mol. The van der Waals surface area contributed by atoms with Crippen LogP contribution in [0.3, 0.4) is 0 Å². The summed E-state index contributed by atoms with van der Waals surface area (Å²) in [5, 5.41) is 10.9. The fraction of sp³-hybridized carbons (Fsp3) is 0.333. The maximum Gasteiger partial charge on any atom is 0.238 e. The van der Waals surface area contributed by atoms with Gasteiger partial charge in [-0.3, -0.25) is 4.98 Å². The minimum atomic E-state index is -0.977. The number of rotatable bonds is 7. The van der Waals surface area contributed by atoms with Gasteiger partial charge in [0.1, 0.15) is 42.7 Å². The van der Waals surface area contributed by atoms with Crippen LogP contribution >= 0.6 is 0 Å². The van der Waals surface area contributed by atoms with Gasteiger partial charge in [0.25, 0.3) is 0 Å². The molecule has 2 aliphatic rings. The predicted octanol–water partition coefficient (Wildman–Crippen LogP) is 2.70. The van der Waals surface area contributed by atoms with Crippen molar-refractivity contribution in [1.82, 2.24) is 14.9 Å². The Bertz CT molecular complexity index is 1050. The lowest BCUT2D eigenvalue weighted by atomic mass is 10.0. The van der Waals surface area contributed by atoms with Gasteiger partial charge in [-0.2, -0.15) is 0 Å². The zero-order chi connectivity index (χ0) is 22.0. The van der Waals surface area contributed by atoms with Gasteiger partial charge in [-0.05, 0) is 23.3 Å². The summed E-state index contributed by atoms with van der Waals surface area (Å²) in [5.41, 5.74) is 1.68. The smallest absolute Gasteiger partial charge is 0.238 e. The van der Waals surface area contributed by atoms with E-state index >= 15 is 0 Å². The number of fused-ring (bicyclic) bond motifs is 1. The fourth-order valence-electron chi connectivity index (χ4n) is 4.16. The lowest BCUT2D eigenvalue weighted by molar-refractivity contribution is -0.00685. The molecular weight excluding hydrogens is 410 g/mol. The Kier molecular flexibility index (Phi) is 5.75. The topological polar surface area (TPSA) is 86.2 Å². The van der Waals surface area contributed by atoms with Crippen molar-refractivity contribution in [3.8, 4) is 11.6 Å². The largest absolute Gasteiger partial charge is 0.497 e. The lowest BCUT2D eigenvalue weighted by Gasteiger charge is -2.30. The Morgan fingerprint density at radius 1 is 1.09 bits per heavy atom. The van der Waals surface area contributed by atoms with Crippen LogP contribution in [0.25, 0.3) is 0 Å². The molecule has 166 valence electrons. The molecule has 2 aliphatic heterocycles. The second-order valence-electron chi connectivity index (χ2n) is 7.96. The Morgan fingerprint density at radius 2 is 1.88 bits per heavy atom. The first-order chi connectivity index (χ1) is 15.7. The molecule has 0 aliphatic carbocycles. The van der Waals surface area contributed by atoms with Crippen LogP contribution in [0.4, 0.5) is 0 Å². The quantitative estimate of drug-likeness (QED) is 0.606. The third kappa shape index (κ3) is 3.82. The van der Waals surface area contributed by atoms with E-state index in [2.05, 4.69) is 14.9 Å². The van der Waals surface area contributed by atoms with E-state index < -0.39 is 11.6 Å². The van der Waals surface area contributed by atoms with E-state index in [1.807, 2.05) is 30.3 Å². The third-order valence-electron chi connectivity index (χ3n) is 5.95. The SMILES string of the molecule is COc1ccc([C@H](O)c2nccnc2OC[C@@]23COCN2[C@@H](c2ccccc2)OC3)cc1. The molecular formula is C24H25N3O5. The number of hydrogen-bond donors (Lipinski definition) is 1. The number of aliphatic hydroxyl groups is 1. The summed E-state index contributed by atoms with van der Waals surface area (Å²) in [5.74, 6) is 1.01. The monoisotopic (exact) mass is 435 g/mol. The van der Waals surface area contributed by atoms with Gasteiger partial charge in [0.15, 0.2) is 0 Å². The molecule has 2 saturated heterocycles. The number of aromatic nitrogens is 2. The van der Waals surface area contributed by atoms with Crippen molar-refractivity contribution in [2.75, 3.05) is 33.7 Å². The molecule has 5 rings (SSSR count). The van der Waals surface area contributed by atoms with Crippen molar-refractivity contribution in [2.45, 2.75) is 17.9 Å². The minimum absolute atomic E-state index is 0.187. The van der Waals surface area contributed by atoms with Crippen LogP contribution < -0.4 is 9.47 Å². The number of benzene rings is 2. The summed E-state index contributed by atoms with van der Waals surface area (Å²) in [6, 6.07) is 17.3. The molecule has 32 heavy (non-hydrogen) atoms. The standard InChI is InChI=1S/C24H25N3O5/c1-29-19-9-7-17(8-10-19)21(28)20-22(26-12-11-25-20)31-14-24-13-30-16-27(24)23(32-15-24)18-5-3-2-4-6-18/h2-12,21,23,28H,13-16H2,1H3/t21-,23+,24+/m0/s1. The summed E-state index contributed by atoms with van der Waals surface area (Å²) in [6.07, 6.45) is 1.93. The molecule has 2 aromatic carbocycles. The molecule has 0 saturated carbocycles. The Morgan fingerprint density at radius 3 is 2.66 bits per heavy atom.